The van der Waals surface area contributed by atoms with E-state index in [-0.39, 0.29) is 31.1 Å². The summed E-state index contributed by atoms with van der Waals surface area (Å²) in [5, 5.41) is 20.3. The molecule has 0 aromatic rings. The van der Waals surface area contributed by atoms with E-state index in [2.05, 4.69) is 0 Å². The Morgan fingerprint density at radius 1 is 1.35 bits per heavy atom. The predicted molar refractivity (Wildman–Crippen MR) is 66.0 cm³/mol. The molecule has 20 heavy (non-hydrogen) atoms. The molecule has 0 radical (unpaired) electrons. The maximum Gasteiger partial charge on any atom is 0.247 e. The second-order valence-electron chi connectivity index (χ2n) is 5.55. The van der Waals surface area contributed by atoms with Gasteiger partial charge in [0.1, 0.15) is 5.54 Å². The van der Waals surface area contributed by atoms with Crippen molar-refractivity contribution in [1.82, 2.24) is 4.90 Å². The molecule has 3 atom stereocenters. The van der Waals surface area contributed by atoms with Gasteiger partial charge in [0.2, 0.25) is 5.91 Å². The van der Waals surface area contributed by atoms with E-state index in [9.17, 15) is 19.8 Å². The average Bonchev–Trinajstić information content (AvgIpc) is 2.82. The summed E-state index contributed by atoms with van der Waals surface area (Å²) >= 11 is 0. The normalized spacial score (nSPS) is 42.1. The standard InChI is InChI=1S/C14H13NO5/c16-9-2-1-8-5-11(17)15-4-3-14(19)10(6-12(18)20-14)13(8,15)7-9/h1-2,5-6,12,18-19H,3-4,7H2. The fourth-order valence-electron chi connectivity index (χ4n) is 3.74. The molecule has 3 unspecified atom stereocenters. The van der Waals surface area contributed by atoms with E-state index in [4.69, 9.17) is 4.74 Å². The molecule has 0 bridgehead atoms. The van der Waals surface area contributed by atoms with E-state index in [1.54, 1.807) is 11.0 Å². The molecule has 4 rings (SSSR count). The fraction of sp³-hybridized carbons (Fsp3) is 0.429. The highest BCUT2D eigenvalue weighted by Crippen LogP contribution is 2.53. The lowest BCUT2D eigenvalue weighted by atomic mass is 9.70. The summed E-state index contributed by atoms with van der Waals surface area (Å²) in [5.41, 5.74) is 0.0793. The molecule has 3 aliphatic heterocycles. The van der Waals surface area contributed by atoms with Crippen LogP contribution in [0.2, 0.25) is 0 Å². The lowest BCUT2D eigenvalue weighted by Gasteiger charge is -2.50. The van der Waals surface area contributed by atoms with Crippen molar-refractivity contribution in [2.24, 2.45) is 0 Å². The van der Waals surface area contributed by atoms with Crippen LogP contribution in [0.1, 0.15) is 12.8 Å². The minimum Gasteiger partial charge on any atom is -0.365 e. The number of ether oxygens (including phenoxy) is 1. The van der Waals surface area contributed by atoms with Gasteiger partial charge < -0.3 is 19.8 Å². The van der Waals surface area contributed by atoms with Crippen molar-refractivity contribution in [1.29, 1.82) is 0 Å². The van der Waals surface area contributed by atoms with Gasteiger partial charge in [-0.3, -0.25) is 9.59 Å². The van der Waals surface area contributed by atoms with E-state index in [1.165, 1.54) is 18.2 Å². The Labute approximate surface area is 114 Å². The van der Waals surface area contributed by atoms with Crippen LogP contribution in [-0.2, 0) is 14.3 Å². The van der Waals surface area contributed by atoms with Gasteiger partial charge in [-0.2, -0.15) is 0 Å². The van der Waals surface area contributed by atoms with Crippen LogP contribution in [0.4, 0.5) is 0 Å². The average molecular weight is 275 g/mol. The van der Waals surface area contributed by atoms with Crippen molar-refractivity contribution >= 4 is 11.7 Å². The number of rotatable bonds is 0. The van der Waals surface area contributed by atoms with Crippen molar-refractivity contribution in [3.05, 3.63) is 35.5 Å². The lowest BCUT2D eigenvalue weighted by Crippen LogP contribution is -2.61. The summed E-state index contributed by atoms with van der Waals surface area (Å²) in [4.78, 5) is 25.6. The van der Waals surface area contributed by atoms with E-state index >= 15 is 0 Å². The molecule has 2 N–H and O–H groups in total. The number of fused-ring (bicyclic) bond motifs is 1. The molecule has 0 aromatic carbocycles. The van der Waals surface area contributed by atoms with Gasteiger partial charge in [0, 0.05) is 31.0 Å². The van der Waals surface area contributed by atoms with E-state index in [0.717, 1.165) is 0 Å². The van der Waals surface area contributed by atoms with Crippen molar-refractivity contribution in [2.75, 3.05) is 6.54 Å². The number of hydrogen-bond donors (Lipinski definition) is 2. The monoisotopic (exact) mass is 275 g/mol. The van der Waals surface area contributed by atoms with Gasteiger partial charge in [0.05, 0.1) is 0 Å². The fourth-order valence-corrected chi connectivity index (χ4v) is 3.74. The zero-order chi connectivity index (χ0) is 14.1. The third-order valence-corrected chi connectivity index (χ3v) is 4.53. The third kappa shape index (κ3) is 1.24. The first kappa shape index (κ1) is 12.0. The van der Waals surface area contributed by atoms with Crippen LogP contribution in [0.15, 0.2) is 35.5 Å². The number of allylic oxidation sites excluding steroid dienone is 1. The van der Waals surface area contributed by atoms with Gasteiger partial charge >= 0.3 is 0 Å². The number of hydrogen-bond acceptors (Lipinski definition) is 5. The number of carbonyl (C=O) groups is 2. The summed E-state index contributed by atoms with van der Waals surface area (Å²) in [6.07, 6.45) is 4.98. The SMILES string of the molecule is O=C1C=CC2=CC(=O)N3CCC4(O)OC(O)C=C4C23C1. The first-order chi connectivity index (χ1) is 9.45. The highest BCUT2D eigenvalue weighted by molar-refractivity contribution is 6.02. The zero-order valence-electron chi connectivity index (χ0n) is 10.6. The molecule has 1 amide bonds. The summed E-state index contributed by atoms with van der Waals surface area (Å²) in [6.45, 7) is 0.278. The third-order valence-electron chi connectivity index (χ3n) is 4.53. The smallest absolute Gasteiger partial charge is 0.247 e. The van der Waals surface area contributed by atoms with Gasteiger partial charge in [-0.05, 0) is 17.7 Å². The Kier molecular flexibility index (Phi) is 2.08. The molecule has 0 aromatic heterocycles. The molecular weight excluding hydrogens is 262 g/mol. The Hall–Kier alpha value is -1.76. The highest BCUT2D eigenvalue weighted by Gasteiger charge is 2.62. The number of aliphatic hydroxyl groups excluding tert-OH is 1. The minimum absolute atomic E-state index is 0.0747. The van der Waals surface area contributed by atoms with Crippen molar-refractivity contribution in [3.63, 3.8) is 0 Å². The largest absolute Gasteiger partial charge is 0.365 e. The van der Waals surface area contributed by atoms with Crippen molar-refractivity contribution in [2.45, 2.75) is 30.5 Å². The van der Waals surface area contributed by atoms with Crippen LogP contribution < -0.4 is 0 Å². The number of amides is 1. The molecule has 1 saturated heterocycles. The molecule has 3 heterocycles. The summed E-state index contributed by atoms with van der Waals surface area (Å²) in [5.74, 6) is -1.90. The Morgan fingerprint density at radius 2 is 2.15 bits per heavy atom. The van der Waals surface area contributed by atoms with Crippen LogP contribution in [0.5, 0.6) is 0 Å². The van der Waals surface area contributed by atoms with Crippen LogP contribution >= 0.6 is 0 Å². The van der Waals surface area contributed by atoms with Crippen LogP contribution in [0.3, 0.4) is 0 Å². The van der Waals surface area contributed by atoms with Gasteiger partial charge in [0.15, 0.2) is 17.9 Å². The number of aliphatic hydroxyl groups is 2. The second-order valence-corrected chi connectivity index (χ2v) is 5.55. The van der Waals surface area contributed by atoms with Gasteiger partial charge in [-0.1, -0.05) is 6.08 Å². The molecule has 1 aliphatic carbocycles. The first-order valence-electron chi connectivity index (χ1n) is 6.51. The molecule has 1 spiro atoms. The van der Waals surface area contributed by atoms with Crippen LogP contribution in [0.25, 0.3) is 0 Å². The predicted octanol–water partition coefficient (Wildman–Crippen LogP) is -0.610. The number of ketones is 1. The van der Waals surface area contributed by atoms with Crippen molar-refractivity contribution < 1.29 is 24.5 Å². The van der Waals surface area contributed by atoms with Gasteiger partial charge in [-0.25, -0.2) is 0 Å². The second kappa shape index (κ2) is 3.46. The quantitative estimate of drug-likeness (QED) is 0.576. The Balaban J connectivity index is 1.95. The highest BCUT2D eigenvalue weighted by atomic mass is 16.7. The molecule has 104 valence electrons. The van der Waals surface area contributed by atoms with Gasteiger partial charge in [-0.15, -0.1) is 0 Å². The van der Waals surface area contributed by atoms with Crippen LogP contribution in [0, 0.1) is 0 Å². The number of piperidine rings is 1. The Morgan fingerprint density at radius 3 is 2.95 bits per heavy atom. The minimum atomic E-state index is -1.61. The van der Waals surface area contributed by atoms with Crippen molar-refractivity contribution in [3.8, 4) is 0 Å². The molecule has 1 fully saturated rings. The summed E-state index contributed by atoms with van der Waals surface area (Å²) in [7, 11) is 0. The van der Waals surface area contributed by atoms with E-state index in [1.807, 2.05) is 0 Å². The molecule has 4 aliphatic rings. The van der Waals surface area contributed by atoms with E-state index in [0.29, 0.717) is 11.1 Å². The maximum atomic E-state index is 12.1. The maximum absolute atomic E-state index is 12.1. The summed E-state index contributed by atoms with van der Waals surface area (Å²) < 4.78 is 5.19. The molecule has 0 saturated carbocycles. The molecule has 6 heteroatoms. The van der Waals surface area contributed by atoms with E-state index < -0.39 is 17.6 Å². The molecule has 6 nitrogen and oxygen atoms in total. The molecular formula is C14H13NO5. The number of carbonyl (C=O) groups excluding carboxylic acids is 2. The summed E-state index contributed by atoms with van der Waals surface area (Å²) in [6, 6.07) is 0. The van der Waals surface area contributed by atoms with Crippen LogP contribution in [-0.4, -0.2) is 51.0 Å². The first-order valence-corrected chi connectivity index (χ1v) is 6.51. The Bertz CT molecular complexity index is 633. The topological polar surface area (TPSA) is 87.1 Å². The van der Waals surface area contributed by atoms with Gasteiger partial charge in [0.25, 0.3) is 0 Å². The zero-order valence-corrected chi connectivity index (χ0v) is 10.6. The lowest BCUT2D eigenvalue weighted by molar-refractivity contribution is -0.241. The number of nitrogens with zero attached hydrogens (tertiary/aromatic N) is 1.